The zero-order valence-corrected chi connectivity index (χ0v) is 91.8. The molecule has 3 fully saturated rings. The lowest BCUT2D eigenvalue weighted by atomic mass is 9.74. The molecule has 5 N–H and O–H groups in total. The summed E-state index contributed by atoms with van der Waals surface area (Å²) in [4.78, 5) is 111. The predicted molar refractivity (Wildman–Crippen MR) is 597 cm³/mol. The summed E-state index contributed by atoms with van der Waals surface area (Å²) < 4.78 is 26.1. The van der Waals surface area contributed by atoms with Gasteiger partial charge in [0.2, 0.25) is 0 Å². The minimum atomic E-state index is -0.728. The van der Waals surface area contributed by atoms with Crippen LogP contribution in [0.5, 0.6) is 0 Å². The number of carboxylic acids is 1. The van der Waals surface area contributed by atoms with Crippen LogP contribution in [0.2, 0.25) is 20.1 Å². The minimum absolute atomic E-state index is 0. The van der Waals surface area contributed by atoms with Crippen molar-refractivity contribution in [1.82, 2.24) is 35.1 Å². The van der Waals surface area contributed by atoms with Gasteiger partial charge in [-0.1, -0.05) is 267 Å². The number of piperidine rings is 3. The molecule has 3 aliphatic rings. The number of aliphatic hydroxyl groups is 1. The molecule has 1 aromatic carbocycles. The number of ether oxygens (including phenoxy) is 5. The molecule has 23 nitrogen and oxygen atoms in total. The number of carbonyl (C=O) groups excluding carboxylic acids is 7. The van der Waals surface area contributed by atoms with Crippen LogP contribution in [-0.4, -0.2) is 158 Å². The number of aliphatic hydroxyl groups excluding tert-OH is 1. The van der Waals surface area contributed by atoms with Gasteiger partial charge in [-0.05, 0) is 273 Å². The van der Waals surface area contributed by atoms with Crippen molar-refractivity contribution in [3.05, 3.63) is 159 Å². The fourth-order valence-corrected chi connectivity index (χ4v) is 16.2. The highest BCUT2D eigenvalue weighted by Gasteiger charge is 2.37. The highest BCUT2D eigenvalue weighted by molar-refractivity contribution is 6.34. The number of hydrogen-bond donors (Lipinski definition) is 4. The Morgan fingerprint density at radius 1 is 0.451 bits per heavy atom. The number of aldehydes is 1. The lowest BCUT2D eigenvalue weighted by molar-refractivity contribution is -0.146. The molecule has 8 rings (SSSR count). The smallest absolute Gasteiger partial charge is 0.410 e. The number of benzene rings is 1. The van der Waals surface area contributed by atoms with Crippen molar-refractivity contribution in [3.63, 3.8) is 0 Å². The second-order valence-corrected chi connectivity index (χ2v) is 47.6. The predicted octanol–water partition coefficient (Wildman–Crippen LogP) is 31.3. The van der Waals surface area contributed by atoms with Gasteiger partial charge >= 0.3 is 36.1 Å². The summed E-state index contributed by atoms with van der Waals surface area (Å²) in [5.41, 5.74) is 9.76. The fourth-order valence-electron chi connectivity index (χ4n) is 15.4. The summed E-state index contributed by atoms with van der Waals surface area (Å²) in [5.74, 6) is 1.32. The quantitative estimate of drug-likeness (QED) is 0.0147. The van der Waals surface area contributed by atoms with Crippen molar-refractivity contribution < 1.29 is 72.3 Å². The van der Waals surface area contributed by atoms with E-state index in [1.54, 1.807) is 84.4 Å². The van der Waals surface area contributed by atoms with E-state index in [1.807, 2.05) is 140 Å². The number of pyridine rings is 4. The standard InChI is InChI=1S/C20H37NO4.C18H33NO4.C15H20ClNO2.C15H29NO2.C11H16ClNO.C11H14ClNO.C8H11N.C6H12O.C5H4ClN.6CH4/c1-8-24-17(22)13-16(14-19(2,3)4)15-9-11-21(12-10-15)18(23)25-20(5,6)7;1-17(2,3)12-14(11-15(20)21)13-7-9-19(10-8-13)16(22)23-18(4,5)6;1-5-19-14(18)8-11(9-15(2,3)4)12-6-7-17-10-13(12)16;1-5-18-14(17)10-13(11-15(2,3)4)12-6-8-16-9-7-12;2*1-11(2,3)6-10(14)8-4-5-13-7-9(8)12;1-7(9)8-5-3-2-4-6-8;1-6(2,3)4-5-7;6-5-2-1-3-7-4-5;;;;;;/h15-16H,8-14H2,1-7H3;13-14H,7-12H2,1-6H3,(H,20,21);6-8,10H,5,9H2,1-4H3;12-13,16H,5-11H2,1-4H3;4-5,7,10,14H,6H2,1-3H3;4-5,7H,6H2,1-3H3;2-7H,9H2,1H3;5H,4H2,1-3H3;1-4H;6*1H4. The van der Waals surface area contributed by atoms with E-state index in [0.717, 1.165) is 87.4 Å². The van der Waals surface area contributed by atoms with Gasteiger partial charge in [-0.15, -0.1) is 0 Å². The van der Waals surface area contributed by atoms with E-state index in [0.29, 0.717) is 133 Å². The van der Waals surface area contributed by atoms with Crippen molar-refractivity contribution >= 4 is 100 Å². The molecule has 142 heavy (non-hydrogen) atoms. The third-order valence-electron chi connectivity index (χ3n) is 21.1. The van der Waals surface area contributed by atoms with Crippen LogP contribution < -0.4 is 11.1 Å². The summed E-state index contributed by atoms with van der Waals surface area (Å²) in [6.07, 6.45) is 27.1. The number of nitrogens with two attached hydrogens (primary N) is 1. The van der Waals surface area contributed by atoms with Gasteiger partial charge in [0.1, 0.15) is 17.5 Å². The molecule has 818 valence electrons. The summed E-state index contributed by atoms with van der Waals surface area (Å²) in [6, 6.07) is 19.0. The van der Waals surface area contributed by atoms with Gasteiger partial charge in [-0.25, -0.2) is 14.4 Å². The average Bonchev–Trinajstić information content (AvgIpc) is 0.843. The number of nitrogens with zero attached hydrogens (tertiary/aromatic N) is 6. The number of hydrogen-bond acceptors (Lipinski definition) is 20. The zero-order valence-electron chi connectivity index (χ0n) is 88.8. The number of Topliss-reactive ketones (excluding diaryl/α,β-unsaturated/α-hetero) is 1. The molecular weight excluding hydrogens is 1880 g/mol. The summed E-state index contributed by atoms with van der Waals surface area (Å²) >= 11 is 23.4. The Morgan fingerprint density at radius 2 is 0.817 bits per heavy atom. The number of likely N-dealkylation sites (tertiary alicyclic amines) is 2. The molecule has 0 bridgehead atoms. The topological polar surface area (TPSA) is 319 Å². The summed E-state index contributed by atoms with van der Waals surface area (Å²) in [5, 5.41) is 24.7. The lowest BCUT2D eigenvalue weighted by Crippen LogP contribution is -2.43. The molecule has 3 saturated heterocycles. The number of carboxylic acid groups (broad SMARTS) is 1. The van der Waals surface area contributed by atoms with Crippen LogP contribution >= 0.6 is 46.4 Å². The van der Waals surface area contributed by atoms with E-state index < -0.39 is 23.3 Å². The van der Waals surface area contributed by atoms with Crippen LogP contribution in [0.3, 0.4) is 0 Å². The van der Waals surface area contributed by atoms with E-state index in [1.165, 1.54) is 30.7 Å². The van der Waals surface area contributed by atoms with Gasteiger partial charge in [0, 0.05) is 131 Å². The first-order chi connectivity index (χ1) is 62.6. The summed E-state index contributed by atoms with van der Waals surface area (Å²) in [6.45, 7) is 69.6. The van der Waals surface area contributed by atoms with Gasteiger partial charge in [0.05, 0.1) is 46.0 Å². The van der Waals surface area contributed by atoms with E-state index in [4.69, 9.17) is 75.8 Å². The third kappa shape index (κ3) is 75.1. The maximum absolute atomic E-state index is 12.2. The molecule has 3 aliphatic heterocycles. The van der Waals surface area contributed by atoms with Gasteiger partial charge in [0.25, 0.3) is 0 Å². The van der Waals surface area contributed by atoms with Crippen molar-refractivity contribution in [2.75, 3.05) is 59.1 Å². The van der Waals surface area contributed by atoms with Gasteiger partial charge < -0.3 is 59.5 Å². The van der Waals surface area contributed by atoms with E-state index in [-0.39, 0.29) is 137 Å². The molecule has 0 spiro atoms. The Labute approximate surface area is 883 Å². The molecule has 27 heteroatoms. The number of nitrogens with one attached hydrogen (secondary N) is 1. The highest BCUT2D eigenvalue weighted by atomic mass is 35.5. The number of carbonyl (C=O) groups is 8. The second kappa shape index (κ2) is 72.6. The number of amides is 2. The first-order valence-electron chi connectivity index (χ1n) is 48.5. The number of esters is 3. The number of ketones is 1. The number of aliphatic carboxylic acids is 1. The largest absolute Gasteiger partial charge is 0.481 e. The molecule has 5 atom stereocenters. The first kappa shape index (κ1) is 147. The normalized spacial score (nSPS) is 14.6. The minimum Gasteiger partial charge on any atom is -0.481 e. The first-order valence-corrected chi connectivity index (χ1v) is 50.0. The van der Waals surface area contributed by atoms with Crippen LogP contribution in [-0.2, 0) is 47.7 Å². The van der Waals surface area contributed by atoms with Gasteiger partial charge in [0.15, 0.2) is 5.78 Å². The van der Waals surface area contributed by atoms with Crippen molar-refractivity contribution in [1.29, 1.82) is 0 Å². The Balaban J connectivity index is -0.000000294. The maximum atomic E-state index is 12.2. The second-order valence-electron chi connectivity index (χ2n) is 45.9. The monoisotopic (exact) mass is 2070 g/mol. The van der Waals surface area contributed by atoms with Crippen LogP contribution in [0.25, 0.3) is 5.57 Å². The van der Waals surface area contributed by atoms with Crippen LogP contribution in [0, 0.1) is 73.4 Å². The molecule has 4 aromatic heterocycles. The Morgan fingerprint density at radius 3 is 1.11 bits per heavy atom. The van der Waals surface area contributed by atoms with Gasteiger partial charge in [-0.2, -0.15) is 0 Å². The third-order valence-corrected chi connectivity index (χ3v) is 22.2. The average molecular weight is 2080 g/mol. The molecule has 5 unspecified atom stereocenters. The lowest BCUT2D eigenvalue weighted by Gasteiger charge is -2.38. The van der Waals surface area contributed by atoms with Crippen LogP contribution in [0.1, 0.15) is 401 Å². The van der Waals surface area contributed by atoms with Crippen molar-refractivity contribution in [2.24, 2.45) is 79.1 Å². The van der Waals surface area contributed by atoms with Crippen molar-refractivity contribution in [2.45, 2.75) is 385 Å². The number of aromatic nitrogens is 4. The maximum Gasteiger partial charge on any atom is 0.410 e. The van der Waals surface area contributed by atoms with Crippen LogP contribution in [0.4, 0.5) is 9.59 Å². The molecule has 0 saturated carbocycles. The number of rotatable bonds is 24. The van der Waals surface area contributed by atoms with E-state index in [2.05, 4.69) is 129 Å². The van der Waals surface area contributed by atoms with Crippen molar-refractivity contribution in [3.8, 4) is 0 Å². The molecule has 7 heterocycles. The van der Waals surface area contributed by atoms with E-state index >= 15 is 0 Å². The molecular formula is C115H200Cl4N8O15. The Kier molecular flexibility index (Phi) is 75.3. The molecule has 0 aliphatic carbocycles. The highest BCUT2D eigenvalue weighted by Crippen LogP contribution is 2.41. The Hall–Kier alpha value is -7.64. The zero-order chi connectivity index (χ0) is 104. The SMILES string of the molecule is C.C.C.C.C.C.CC(C)(C)CC(=O)c1ccncc1Cl.CC(C)(C)CC(CC(=O)O)C1CCN(C(=O)OC(C)(C)C)CC1.CC(C)(C)CC(O)c1ccncc1Cl.CC(C)(C)CC=O.CC(N)c1ccccc1.CCOC(=O)C=C(CC(C)(C)C)c1ccncc1Cl.CCOC(=O)CC(CC(C)(C)C)C1CCN(C(=O)OC(C)(C)C)CC1.CCOC(=O)CC(CC(C)(C)C)C1CCNCC1.Clc1cccnc1. The molecule has 5 aromatic rings. The van der Waals surface area contributed by atoms with E-state index in [9.17, 15) is 48.6 Å². The molecule has 0 radical (unpaired) electrons. The van der Waals surface area contributed by atoms with Crippen LogP contribution in [0.15, 0.2) is 116 Å². The van der Waals surface area contributed by atoms with Gasteiger partial charge in [-0.3, -0.25) is 39.1 Å². The number of halogens is 4. The Bertz CT molecular complexity index is 4260. The fraction of sp³-hybridized carbons (Fsp3) is 0.687. The molecule has 2 amide bonds. The summed E-state index contributed by atoms with van der Waals surface area (Å²) in [7, 11) is 0. The number of allylic oxidation sites excluding steroid dienone is 1.